The van der Waals surface area contributed by atoms with Gasteiger partial charge < -0.3 is 14.7 Å². The monoisotopic (exact) mass is 466 g/mol. The van der Waals surface area contributed by atoms with Crippen molar-refractivity contribution in [3.8, 4) is 0 Å². The number of nitrogens with zero attached hydrogens (tertiary/aromatic N) is 4. The third-order valence-electron chi connectivity index (χ3n) is 6.36. The van der Waals surface area contributed by atoms with E-state index in [1.165, 1.54) is 17.0 Å². The molecule has 4 nitrogen and oxygen atoms in total. The molecule has 3 aliphatic rings. The van der Waals surface area contributed by atoms with Gasteiger partial charge in [-0.2, -0.15) is 13.2 Å². The fourth-order valence-electron chi connectivity index (χ4n) is 4.49. The molecule has 32 heavy (non-hydrogen) atoms. The van der Waals surface area contributed by atoms with Crippen molar-refractivity contribution in [1.29, 1.82) is 0 Å². The topological polar surface area (TPSA) is 13.0 Å². The molecule has 4 rings (SSSR count). The van der Waals surface area contributed by atoms with E-state index >= 15 is 0 Å². The molecule has 2 heterocycles. The normalized spacial score (nSPS) is 20.1. The largest absolute Gasteiger partial charge is 0.416 e. The van der Waals surface area contributed by atoms with Crippen LogP contribution >= 0.6 is 11.8 Å². The van der Waals surface area contributed by atoms with Gasteiger partial charge in [-0.15, -0.1) is 0 Å². The molecule has 1 saturated heterocycles. The zero-order chi connectivity index (χ0) is 22.7. The van der Waals surface area contributed by atoms with Crippen LogP contribution in [0.15, 0.2) is 45.8 Å². The van der Waals surface area contributed by atoms with Gasteiger partial charge in [-0.25, -0.2) is 0 Å². The molecule has 176 valence electrons. The SMILES string of the molecule is CN(C)CCN1CCN(CCCN2C3=CCCC=C3Sc3ccc(C(F)(F)F)cc32)CC1. The summed E-state index contributed by atoms with van der Waals surface area (Å²) in [5.74, 6) is 0. The predicted octanol–water partition coefficient (Wildman–Crippen LogP) is 4.75. The van der Waals surface area contributed by atoms with Crippen LogP contribution in [0.25, 0.3) is 0 Å². The van der Waals surface area contributed by atoms with Crippen LogP contribution in [0.3, 0.4) is 0 Å². The second-order valence-electron chi connectivity index (χ2n) is 9.01. The van der Waals surface area contributed by atoms with Crippen LogP contribution in [-0.4, -0.2) is 81.2 Å². The van der Waals surface area contributed by atoms with Crippen molar-refractivity contribution in [2.45, 2.75) is 30.3 Å². The quantitative estimate of drug-likeness (QED) is 0.574. The lowest BCUT2D eigenvalue weighted by atomic mass is 10.1. The maximum Gasteiger partial charge on any atom is 0.416 e. The van der Waals surface area contributed by atoms with Gasteiger partial charge in [-0.1, -0.05) is 23.9 Å². The molecule has 0 amide bonds. The number of alkyl halides is 3. The Balaban J connectivity index is 1.39. The minimum Gasteiger partial charge on any atom is -0.340 e. The average Bonchev–Trinajstić information content (AvgIpc) is 2.77. The number of likely N-dealkylation sites (N-methyl/N-ethyl adjacent to an activating group) is 1. The van der Waals surface area contributed by atoms with E-state index in [2.05, 4.69) is 45.8 Å². The molecule has 1 aromatic carbocycles. The number of benzene rings is 1. The summed E-state index contributed by atoms with van der Waals surface area (Å²) < 4.78 is 40.1. The Bertz CT molecular complexity index is 857. The molecule has 0 unspecified atom stereocenters. The summed E-state index contributed by atoms with van der Waals surface area (Å²) in [4.78, 5) is 11.4. The van der Waals surface area contributed by atoms with Crippen molar-refractivity contribution in [2.24, 2.45) is 0 Å². The number of thioether (sulfide) groups is 1. The van der Waals surface area contributed by atoms with Crippen LogP contribution in [0, 0.1) is 0 Å². The summed E-state index contributed by atoms with van der Waals surface area (Å²) in [6.45, 7) is 8.20. The van der Waals surface area contributed by atoms with E-state index in [1.54, 1.807) is 17.8 Å². The maximum absolute atomic E-state index is 13.4. The molecular weight excluding hydrogens is 433 g/mol. The first-order chi connectivity index (χ1) is 15.3. The lowest BCUT2D eigenvalue weighted by Crippen LogP contribution is -2.48. The van der Waals surface area contributed by atoms with E-state index in [9.17, 15) is 13.2 Å². The first-order valence-electron chi connectivity index (χ1n) is 11.5. The van der Waals surface area contributed by atoms with Gasteiger partial charge in [0.15, 0.2) is 0 Å². The third kappa shape index (κ3) is 5.71. The van der Waals surface area contributed by atoms with Crippen molar-refractivity contribution in [3.63, 3.8) is 0 Å². The second-order valence-corrected chi connectivity index (χ2v) is 10.1. The zero-order valence-corrected chi connectivity index (χ0v) is 19.8. The lowest BCUT2D eigenvalue weighted by Gasteiger charge is -2.38. The highest BCUT2D eigenvalue weighted by molar-refractivity contribution is 8.03. The number of anilines is 1. The van der Waals surface area contributed by atoms with Crippen molar-refractivity contribution in [3.05, 3.63) is 46.5 Å². The van der Waals surface area contributed by atoms with Crippen molar-refractivity contribution in [1.82, 2.24) is 14.7 Å². The van der Waals surface area contributed by atoms with Gasteiger partial charge in [0.25, 0.3) is 0 Å². The average molecular weight is 467 g/mol. The summed E-state index contributed by atoms with van der Waals surface area (Å²) in [5, 5.41) is 0. The standard InChI is InChI=1S/C24H33F3N4S/c1-28(2)12-13-30-16-14-29(15-17-30)10-5-11-31-20-6-3-4-7-22(20)32-23-9-8-19(18-21(23)31)24(25,26)27/h6-9,18H,3-5,10-17H2,1-2H3. The van der Waals surface area contributed by atoms with Gasteiger partial charge in [0, 0.05) is 55.6 Å². The number of hydrogen-bond donors (Lipinski definition) is 0. The predicted molar refractivity (Wildman–Crippen MR) is 126 cm³/mol. The number of fused-ring (bicyclic) bond motifs is 2. The number of rotatable bonds is 7. The summed E-state index contributed by atoms with van der Waals surface area (Å²) in [5.41, 5.74) is 1.21. The van der Waals surface area contributed by atoms with Gasteiger partial charge in [0.2, 0.25) is 0 Å². The minimum atomic E-state index is -4.32. The molecule has 1 aliphatic carbocycles. The summed E-state index contributed by atoms with van der Waals surface area (Å²) in [6, 6.07) is 4.17. The molecule has 8 heteroatoms. The Morgan fingerprint density at radius 2 is 1.62 bits per heavy atom. The van der Waals surface area contributed by atoms with Crippen molar-refractivity contribution in [2.75, 3.05) is 71.4 Å². The molecule has 0 saturated carbocycles. The van der Waals surface area contributed by atoms with Gasteiger partial charge in [-0.3, -0.25) is 4.90 Å². The molecule has 0 bridgehead atoms. The van der Waals surface area contributed by atoms with Crippen LogP contribution in [0.5, 0.6) is 0 Å². The number of hydrogen-bond acceptors (Lipinski definition) is 5. The second kappa shape index (κ2) is 10.2. The highest BCUT2D eigenvalue weighted by Gasteiger charge is 2.34. The highest BCUT2D eigenvalue weighted by atomic mass is 32.2. The fourth-order valence-corrected chi connectivity index (χ4v) is 5.63. The van der Waals surface area contributed by atoms with E-state index in [1.807, 2.05) is 0 Å². The summed E-state index contributed by atoms with van der Waals surface area (Å²) in [7, 11) is 4.21. The molecule has 0 radical (unpaired) electrons. The number of halogens is 3. The minimum absolute atomic E-state index is 0.570. The van der Waals surface area contributed by atoms with Gasteiger partial charge >= 0.3 is 6.18 Å². The number of piperazine rings is 1. The van der Waals surface area contributed by atoms with Crippen LogP contribution in [0.1, 0.15) is 24.8 Å². The fraction of sp³-hybridized carbons (Fsp3) is 0.583. The van der Waals surface area contributed by atoms with E-state index < -0.39 is 11.7 Å². The highest BCUT2D eigenvalue weighted by Crippen LogP contribution is 2.49. The Hall–Kier alpha value is -1.48. The molecule has 1 fully saturated rings. The van der Waals surface area contributed by atoms with Gasteiger partial charge in [0.05, 0.1) is 16.9 Å². The van der Waals surface area contributed by atoms with Crippen LogP contribution in [0.4, 0.5) is 18.9 Å². The molecule has 1 aromatic rings. The van der Waals surface area contributed by atoms with Crippen molar-refractivity contribution >= 4 is 17.4 Å². The summed E-state index contributed by atoms with van der Waals surface area (Å²) >= 11 is 1.60. The van der Waals surface area contributed by atoms with Crippen LogP contribution in [-0.2, 0) is 6.18 Å². The smallest absolute Gasteiger partial charge is 0.340 e. The molecule has 0 N–H and O–H groups in total. The molecule has 0 spiro atoms. The van der Waals surface area contributed by atoms with Crippen LogP contribution < -0.4 is 4.90 Å². The Labute approximate surface area is 193 Å². The van der Waals surface area contributed by atoms with E-state index in [4.69, 9.17) is 0 Å². The van der Waals surface area contributed by atoms with Gasteiger partial charge in [0.1, 0.15) is 0 Å². The molecule has 0 aromatic heterocycles. The summed E-state index contributed by atoms with van der Waals surface area (Å²) in [6.07, 6.45) is 2.96. The van der Waals surface area contributed by atoms with Crippen LogP contribution in [0.2, 0.25) is 0 Å². The Kier molecular flexibility index (Phi) is 7.54. The molecular formula is C24H33F3N4S. The first-order valence-corrected chi connectivity index (χ1v) is 12.3. The Morgan fingerprint density at radius 1 is 0.938 bits per heavy atom. The Morgan fingerprint density at radius 3 is 2.31 bits per heavy atom. The molecule has 2 aliphatic heterocycles. The first kappa shape index (κ1) is 23.7. The van der Waals surface area contributed by atoms with Crippen molar-refractivity contribution < 1.29 is 13.2 Å². The number of allylic oxidation sites excluding steroid dienone is 2. The van der Waals surface area contributed by atoms with E-state index in [-0.39, 0.29) is 0 Å². The van der Waals surface area contributed by atoms with E-state index in [0.717, 1.165) is 82.2 Å². The zero-order valence-electron chi connectivity index (χ0n) is 19.0. The molecule has 0 atom stereocenters. The third-order valence-corrected chi connectivity index (χ3v) is 7.52. The maximum atomic E-state index is 13.4. The lowest BCUT2D eigenvalue weighted by molar-refractivity contribution is -0.137. The van der Waals surface area contributed by atoms with Gasteiger partial charge in [-0.05, 0) is 58.1 Å². The van der Waals surface area contributed by atoms with E-state index in [0.29, 0.717) is 5.69 Å².